The minimum Gasteiger partial charge on any atom is -0.497 e. The zero-order chi connectivity index (χ0) is 14.8. The molecule has 3 rings (SSSR count). The van der Waals surface area contributed by atoms with Gasteiger partial charge in [0.15, 0.2) is 5.75 Å². The summed E-state index contributed by atoms with van der Waals surface area (Å²) in [7, 11) is 1.54. The van der Waals surface area contributed by atoms with E-state index >= 15 is 0 Å². The molecule has 0 unspecified atom stereocenters. The highest BCUT2D eigenvalue weighted by Crippen LogP contribution is 2.35. The van der Waals surface area contributed by atoms with Crippen LogP contribution in [0.4, 0.5) is 5.69 Å². The van der Waals surface area contributed by atoms with E-state index < -0.39 is 0 Å². The molecule has 0 fully saturated rings. The van der Waals surface area contributed by atoms with Gasteiger partial charge in [-0.2, -0.15) is 5.26 Å². The van der Waals surface area contributed by atoms with Gasteiger partial charge in [-0.1, -0.05) is 0 Å². The molecule has 0 aliphatic carbocycles. The van der Waals surface area contributed by atoms with Crippen molar-refractivity contribution in [1.29, 1.82) is 5.26 Å². The van der Waals surface area contributed by atoms with Gasteiger partial charge in [0.25, 0.3) is 0 Å². The van der Waals surface area contributed by atoms with Gasteiger partial charge >= 0.3 is 0 Å². The minimum atomic E-state index is 0.456. The zero-order valence-electron chi connectivity index (χ0n) is 11.2. The monoisotopic (exact) mass is 297 g/mol. The first-order chi connectivity index (χ1) is 10.2. The molecular weight excluding hydrogens is 286 g/mol. The number of methoxy groups -OCH3 is 1. The quantitative estimate of drug-likeness (QED) is 0.748. The van der Waals surface area contributed by atoms with E-state index in [1.54, 1.807) is 29.8 Å². The first-order valence-electron chi connectivity index (χ1n) is 6.10. The van der Waals surface area contributed by atoms with Crippen molar-refractivity contribution >= 4 is 27.2 Å². The van der Waals surface area contributed by atoms with Gasteiger partial charge < -0.3 is 15.2 Å². The van der Waals surface area contributed by atoms with Crippen LogP contribution in [0.25, 0.3) is 10.2 Å². The lowest BCUT2D eigenvalue weighted by Crippen LogP contribution is -1.94. The summed E-state index contributed by atoms with van der Waals surface area (Å²) in [6.07, 6.45) is 0. The molecule has 2 aromatic carbocycles. The zero-order valence-corrected chi connectivity index (χ0v) is 12.0. The van der Waals surface area contributed by atoms with Crippen molar-refractivity contribution in [2.75, 3.05) is 12.8 Å². The molecule has 1 heterocycles. The minimum absolute atomic E-state index is 0.456. The average molecular weight is 297 g/mol. The van der Waals surface area contributed by atoms with E-state index in [9.17, 15) is 0 Å². The van der Waals surface area contributed by atoms with Crippen LogP contribution >= 0.6 is 11.3 Å². The van der Waals surface area contributed by atoms with Crippen molar-refractivity contribution in [2.24, 2.45) is 0 Å². The predicted octanol–water partition coefficient (Wildman–Crippen LogP) is 3.55. The van der Waals surface area contributed by atoms with Crippen molar-refractivity contribution in [1.82, 2.24) is 4.98 Å². The number of hydrogen-bond acceptors (Lipinski definition) is 6. The van der Waals surface area contributed by atoms with Gasteiger partial charge in [-0.3, -0.25) is 0 Å². The molecule has 0 radical (unpaired) electrons. The first kappa shape index (κ1) is 13.2. The third-order valence-electron chi connectivity index (χ3n) is 2.97. The number of benzene rings is 2. The van der Waals surface area contributed by atoms with Crippen molar-refractivity contribution in [3.05, 3.63) is 41.4 Å². The van der Waals surface area contributed by atoms with Crippen LogP contribution in [0.3, 0.4) is 0 Å². The summed E-state index contributed by atoms with van der Waals surface area (Å²) in [6, 6.07) is 10.7. The summed E-state index contributed by atoms with van der Waals surface area (Å²) >= 11 is 1.52. The highest BCUT2D eigenvalue weighted by atomic mass is 32.1. The normalized spacial score (nSPS) is 10.3. The predicted molar refractivity (Wildman–Crippen MR) is 81.8 cm³/mol. The van der Waals surface area contributed by atoms with E-state index in [-0.39, 0.29) is 0 Å². The van der Waals surface area contributed by atoms with Crippen LogP contribution < -0.4 is 15.2 Å². The van der Waals surface area contributed by atoms with Crippen molar-refractivity contribution < 1.29 is 9.47 Å². The van der Waals surface area contributed by atoms with E-state index in [0.717, 1.165) is 10.2 Å². The number of anilines is 1. The summed E-state index contributed by atoms with van der Waals surface area (Å²) in [6.45, 7) is 0. The number of nitrogens with two attached hydrogens (primary N) is 1. The number of aromatic nitrogens is 1. The molecule has 104 valence electrons. The molecule has 21 heavy (non-hydrogen) atoms. The molecule has 0 spiro atoms. The molecule has 0 bridgehead atoms. The maximum absolute atomic E-state index is 9.02. The van der Waals surface area contributed by atoms with Crippen LogP contribution in [0.2, 0.25) is 0 Å². The number of nitriles is 1. The fraction of sp³-hybridized carbons (Fsp3) is 0.0667. The van der Waals surface area contributed by atoms with Gasteiger partial charge in [0.05, 0.1) is 29.0 Å². The topological polar surface area (TPSA) is 81.2 Å². The summed E-state index contributed by atoms with van der Waals surface area (Å²) in [4.78, 5) is 4.22. The molecule has 0 saturated carbocycles. The summed E-state index contributed by atoms with van der Waals surface area (Å²) < 4.78 is 11.9. The van der Waals surface area contributed by atoms with E-state index in [2.05, 4.69) is 11.1 Å². The number of nitrogens with zero attached hydrogens (tertiary/aromatic N) is 2. The second-order valence-corrected chi connectivity index (χ2v) is 5.17. The second-order valence-electron chi connectivity index (χ2n) is 4.29. The van der Waals surface area contributed by atoms with Gasteiger partial charge in [-0.05, 0) is 24.3 Å². The Bertz CT molecular complexity index is 852. The molecule has 2 N–H and O–H groups in total. The van der Waals surface area contributed by atoms with E-state index in [4.69, 9.17) is 20.5 Å². The number of hydrogen-bond donors (Lipinski definition) is 1. The van der Waals surface area contributed by atoms with E-state index in [1.165, 1.54) is 18.4 Å². The number of thiazole rings is 1. The Labute approximate surface area is 125 Å². The summed E-state index contributed by atoms with van der Waals surface area (Å²) in [5, 5.41) is 9.02. The van der Waals surface area contributed by atoms with Crippen LogP contribution in [-0.4, -0.2) is 12.1 Å². The second kappa shape index (κ2) is 5.31. The summed E-state index contributed by atoms with van der Waals surface area (Å²) in [5.74, 6) is 1.55. The molecular formula is C15H11N3O2S. The third kappa shape index (κ3) is 2.47. The molecule has 0 atom stereocenters. The summed E-state index contributed by atoms with van der Waals surface area (Å²) in [5.41, 5.74) is 9.48. The van der Waals surface area contributed by atoms with Crippen LogP contribution in [-0.2, 0) is 0 Å². The molecule has 0 aliphatic rings. The lowest BCUT2D eigenvalue weighted by atomic mass is 10.2. The Morgan fingerprint density at radius 3 is 2.81 bits per heavy atom. The standard InChI is InChI=1S/C15H11N3O2S/c1-19-10-4-9(7-16)5-11(6-10)20-12-2-3-13-15(14(12)17)18-8-21-13/h2-6,8H,17H2,1H3. The van der Waals surface area contributed by atoms with Crippen molar-refractivity contribution in [3.63, 3.8) is 0 Å². The molecule has 0 amide bonds. The fourth-order valence-corrected chi connectivity index (χ4v) is 2.66. The Morgan fingerprint density at radius 2 is 2.05 bits per heavy atom. The van der Waals surface area contributed by atoms with Gasteiger partial charge in [-0.25, -0.2) is 4.98 Å². The van der Waals surface area contributed by atoms with Gasteiger partial charge in [0, 0.05) is 6.07 Å². The lowest BCUT2D eigenvalue weighted by Gasteiger charge is -2.10. The van der Waals surface area contributed by atoms with E-state index in [0.29, 0.717) is 28.5 Å². The smallest absolute Gasteiger partial charge is 0.152 e. The van der Waals surface area contributed by atoms with Crippen LogP contribution in [0, 0.1) is 11.3 Å². The molecule has 3 aromatic rings. The third-order valence-corrected chi connectivity index (χ3v) is 3.77. The highest BCUT2D eigenvalue weighted by molar-refractivity contribution is 7.16. The first-order valence-corrected chi connectivity index (χ1v) is 6.98. The molecule has 0 aliphatic heterocycles. The van der Waals surface area contributed by atoms with E-state index in [1.807, 2.05) is 6.07 Å². The van der Waals surface area contributed by atoms with Crippen molar-refractivity contribution in [3.8, 4) is 23.3 Å². The largest absolute Gasteiger partial charge is 0.497 e. The lowest BCUT2D eigenvalue weighted by molar-refractivity contribution is 0.409. The number of ether oxygens (including phenoxy) is 2. The molecule has 5 nitrogen and oxygen atoms in total. The average Bonchev–Trinajstić information content (AvgIpc) is 2.99. The molecule has 0 saturated heterocycles. The number of nitrogen functional groups attached to an aromatic ring is 1. The maximum Gasteiger partial charge on any atom is 0.152 e. The SMILES string of the molecule is COc1cc(C#N)cc(Oc2ccc3scnc3c2N)c1. The number of rotatable bonds is 3. The Balaban J connectivity index is 2.02. The number of fused-ring (bicyclic) bond motifs is 1. The van der Waals surface area contributed by atoms with Crippen LogP contribution in [0.5, 0.6) is 17.2 Å². The van der Waals surface area contributed by atoms with Crippen LogP contribution in [0.15, 0.2) is 35.8 Å². The highest BCUT2D eigenvalue weighted by Gasteiger charge is 2.10. The molecule has 6 heteroatoms. The van der Waals surface area contributed by atoms with Gasteiger partial charge in [-0.15, -0.1) is 11.3 Å². The maximum atomic E-state index is 9.02. The van der Waals surface area contributed by atoms with Gasteiger partial charge in [0.2, 0.25) is 0 Å². The fourth-order valence-electron chi connectivity index (χ4n) is 1.96. The Hall–Kier alpha value is -2.78. The van der Waals surface area contributed by atoms with Gasteiger partial charge in [0.1, 0.15) is 22.7 Å². The Morgan fingerprint density at radius 1 is 1.24 bits per heavy atom. The van der Waals surface area contributed by atoms with Crippen molar-refractivity contribution in [2.45, 2.75) is 0 Å². The van der Waals surface area contributed by atoms with Crippen LogP contribution in [0.1, 0.15) is 5.56 Å². The Kier molecular flexibility index (Phi) is 3.34. The molecule has 1 aromatic heterocycles.